The van der Waals surface area contributed by atoms with E-state index in [-0.39, 0.29) is 5.56 Å². The van der Waals surface area contributed by atoms with Crippen LogP contribution in [0.25, 0.3) is 0 Å². The predicted octanol–water partition coefficient (Wildman–Crippen LogP) is 1.57. The molecule has 8 heteroatoms. The Morgan fingerprint density at radius 2 is 1.47 bits per heavy atom. The van der Waals surface area contributed by atoms with E-state index in [0.717, 1.165) is 18.2 Å². The highest BCUT2D eigenvalue weighted by Crippen LogP contribution is 2.23. The van der Waals surface area contributed by atoms with E-state index in [1.807, 2.05) is 0 Å². The lowest BCUT2D eigenvalue weighted by molar-refractivity contribution is -0.394. The van der Waals surface area contributed by atoms with Crippen LogP contribution >= 0.6 is 12.6 Å². The molecule has 0 saturated carbocycles. The molecule has 0 amide bonds. The minimum Gasteiger partial charge on any atom is -0.282 e. The Kier molecular flexibility index (Phi) is 3.00. The lowest BCUT2D eigenvalue weighted by Gasteiger charge is -1.96. The summed E-state index contributed by atoms with van der Waals surface area (Å²) in [5.74, 6) is 0. The van der Waals surface area contributed by atoms with E-state index in [1.165, 1.54) is 0 Å². The first-order valence-corrected chi connectivity index (χ1v) is 4.03. The van der Waals surface area contributed by atoms with Gasteiger partial charge in [0.2, 0.25) is 5.12 Å². The second-order valence-corrected chi connectivity index (χ2v) is 2.96. The molecule has 0 N–H and O–H groups in total. The lowest BCUT2D eigenvalue weighted by atomic mass is 10.2. The largest absolute Gasteiger partial charge is 0.282 e. The molecule has 7 nitrogen and oxygen atoms in total. The summed E-state index contributed by atoms with van der Waals surface area (Å²) in [7, 11) is 0. The van der Waals surface area contributed by atoms with Crippen molar-refractivity contribution < 1.29 is 14.6 Å². The molecule has 0 aliphatic rings. The molecule has 0 aromatic heterocycles. The summed E-state index contributed by atoms with van der Waals surface area (Å²) in [5.41, 5.74) is -1.21. The molecular weight excluding hydrogens is 224 g/mol. The molecule has 0 spiro atoms. The predicted molar refractivity (Wildman–Crippen MR) is 53.1 cm³/mol. The molecule has 15 heavy (non-hydrogen) atoms. The molecule has 0 aliphatic heterocycles. The maximum atomic E-state index is 10.8. The smallest absolute Gasteiger partial charge is 0.277 e. The van der Waals surface area contributed by atoms with Crippen molar-refractivity contribution in [1.82, 2.24) is 0 Å². The third-order valence-electron chi connectivity index (χ3n) is 1.57. The van der Waals surface area contributed by atoms with Crippen LogP contribution in [0.15, 0.2) is 18.2 Å². The fourth-order valence-electron chi connectivity index (χ4n) is 0.929. The average Bonchev–Trinajstić information content (AvgIpc) is 2.16. The number of carbonyl (C=O) groups excluding carboxylic acids is 1. The molecule has 0 heterocycles. The van der Waals surface area contributed by atoms with E-state index in [0.29, 0.717) is 0 Å². The number of benzene rings is 1. The monoisotopic (exact) mass is 228 g/mol. The lowest BCUT2D eigenvalue weighted by Crippen LogP contribution is -1.97. The van der Waals surface area contributed by atoms with Gasteiger partial charge in [-0.05, 0) is 0 Å². The highest BCUT2D eigenvalue weighted by atomic mass is 32.1. The molecule has 1 aromatic carbocycles. The van der Waals surface area contributed by atoms with E-state index in [2.05, 4.69) is 12.6 Å². The Morgan fingerprint density at radius 3 is 1.73 bits per heavy atom. The van der Waals surface area contributed by atoms with Crippen LogP contribution < -0.4 is 0 Å². The zero-order chi connectivity index (χ0) is 11.6. The molecule has 1 aromatic rings. The second-order valence-electron chi connectivity index (χ2n) is 2.56. The van der Waals surface area contributed by atoms with Gasteiger partial charge in [0.1, 0.15) is 0 Å². The zero-order valence-corrected chi connectivity index (χ0v) is 8.01. The van der Waals surface area contributed by atoms with E-state index in [9.17, 15) is 25.0 Å². The van der Waals surface area contributed by atoms with Crippen LogP contribution in [0.2, 0.25) is 0 Å². The Labute approximate surface area is 88.4 Å². The van der Waals surface area contributed by atoms with Crippen LogP contribution in [0.5, 0.6) is 0 Å². The second kappa shape index (κ2) is 4.05. The SMILES string of the molecule is O=C(S)c1cc([N+](=O)[O-])cc([N+](=O)[O-])c1. The molecule has 78 valence electrons. The molecule has 0 radical (unpaired) electrons. The Hall–Kier alpha value is -1.96. The minimum atomic E-state index is -0.812. The Morgan fingerprint density at radius 1 is 1.07 bits per heavy atom. The molecule has 0 unspecified atom stereocenters. The third kappa shape index (κ3) is 2.50. The Balaban J connectivity index is 3.39. The van der Waals surface area contributed by atoms with Crippen molar-refractivity contribution >= 4 is 29.1 Å². The Bertz CT molecular complexity index is 380. The molecule has 0 bridgehead atoms. The van der Waals surface area contributed by atoms with Crippen molar-refractivity contribution in [2.75, 3.05) is 0 Å². The van der Waals surface area contributed by atoms with Gasteiger partial charge < -0.3 is 0 Å². The van der Waals surface area contributed by atoms with Gasteiger partial charge in [-0.25, -0.2) is 0 Å². The molecule has 1 rings (SSSR count). The van der Waals surface area contributed by atoms with Crippen LogP contribution in [-0.2, 0) is 0 Å². The maximum Gasteiger partial charge on any atom is 0.277 e. The first-order chi connectivity index (χ1) is 6.91. The van der Waals surface area contributed by atoms with Crippen molar-refractivity contribution in [3.8, 4) is 0 Å². The van der Waals surface area contributed by atoms with Crippen molar-refractivity contribution in [3.63, 3.8) is 0 Å². The average molecular weight is 228 g/mol. The minimum absolute atomic E-state index is 0.181. The van der Waals surface area contributed by atoms with Crippen LogP contribution in [-0.4, -0.2) is 15.0 Å². The molecular formula is C7H4N2O5S. The third-order valence-corrected chi connectivity index (χ3v) is 1.83. The number of hydrogen-bond acceptors (Lipinski definition) is 5. The number of nitro groups is 2. The fraction of sp³-hybridized carbons (Fsp3) is 0. The van der Waals surface area contributed by atoms with Gasteiger partial charge >= 0.3 is 0 Å². The van der Waals surface area contributed by atoms with Gasteiger partial charge in [-0.1, -0.05) is 0 Å². The number of nitrogens with zero attached hydrogens (tertiary/aromatic N) is 2. The summed E-state index contributed by atoms with van der Waals surface area (Å²) < 4.78 is 0. The summed E-state index contributed by atoms with van der Waals surface area (Å²) in [6.07, 6.45) is 0. The van der Waals surface area contributed by atoms with E-state index in [1.54, 1.807) is 0 Å². The maximum absolute atomic E-state index is 10.8. The van der Waals surface area contributed by atoms with E-state index in [4.69, 9.17) is 0 Å². The number of rotatable bonds is 3. The van der Waals surface area contributed by atoms with Crippen molar-refractivity contribution in [2.45, 2.75) is 0 Å². The quantitative estimate of drug-likeness (QED) is 0.480. The van der Waals surface area contributed by atoms with Crippen molar-refractivity contribution in [2.24, 2.45) is 0 Å². The molecule has 0 aliphatic carbocycles. The number of non-ortho nitro benzene ring substituents is 2. The first kappa shape index (κ1) is 11.1. The highest BCUT2D eigenvalue weighted by molar-refractivity contribution is 7.97. The summed E-state index contributed by atoms with van der Waals surface area (Å²) in [6.45, 7) is 0. The summed E-state index contributed by atoms with van der Waals surface area (Å²) >= 11 is 3.43. The van der Waals surface area contributed by atoms with E-state index < -0.39 is 26.3 Å². The van der Waals surface area contributed by atoms with Gasteiger partial charge in [0.05, 0.1) is 15.9 Å². The molecule has 0 saturated heterocycles. The molecule has 0 atom stereocenters. The van der Waals surface area contributed by atoms with Gasteiger partial charge in [-0.15, -0.1) is 12.6 Å². The first-order valence-electron chi connectivity index (χ1n) is 3.59. The van der Waals surface area contributed by atoms with Crippen LogP contribution in [0.3, 0.4) is 0 Å². The van der Waals surface area contributed by atoms with E-state index >= 15 is 0 Å². The van der Waals surface area contributed by atoms with Gasteiger partial charge in [0, 0.05) is 17.7 Å². The summed E-state index contributed by atoms with van der Waals surface area (Å²) in [6, 6.07) is 2.64. The van der Waals surface area contributed by atoms with Gasteiger partial charge in [0.15, 0.2) is 0 Å². The number of thiol groups is 1. The van der Waals surface area contributed by atoms with Crippen molar-refractivity contribution in [3.05, 3.63) is 44.0 Å². The van der Waals surface area contributed by atoms with Gasteiger partial charge in [-0.3, -0.25) is 25.0 Å². The zero-order valence-electron chi connectivity index (χ0n) is 7.11. The topological polar surface area (TPSA) is 103 Å². The standard InChI is InChI=1S/C7H4N2O5S/c10-7(15)4-1-5(8(11)12)3-6(2-4)9(13)14/h1-3H,(H,10,15). The van der Waals surface area contributed by atoms with Crippen LogP contribution in [0.1, 0.15) is 10.4 Å². The number of carbonyl (C=O) groups is 1. The van der Waals surface area contributed by atoms with Crippen LogP contribution in [0.4, 0.5) is 11.4 Å². The number of hydrogen-bond donors (Lipinski definition) is 1. The highest BCUT2D eigenvalue weighted by Gasteiger charge is 2.18. The normalized spacial score (nSPS) is 9.67. The summed E-state index contributed by atoms with van der Waals surface area (Å²) in [4.78, 5) is 30.0. The van der Waals surface area contributed by atoms with Crippen LogP contribution in [0, 0.1) is 20.2 Å². The van der Waals surface area contributed by atoms with Crippen molar-refractivity contribution in [1.29, 1.82) is 0 Å². The summed E-state index contributed by atoms with van der Waals surface area (Å²) in [5, 5.41) is 20.0. The number of nitro benzene ring substituents is 2. The molecule has 0 fully saturated rings. The fourth-order valence-corrected chi connectivity index (χ4v) is 1.06. The van der Waals surface area contributed by atoms with Gasteiger partial charge in [0.25, 0.3) is 11.4 Å². The van der Waals surface area contributed by atoms with Gasteiger partial charge in [-0.2, -0.15) is 0 Å².